The number of aromatic nitrogens is 1. The van der Waals surface area contributed by atoms with E-state index in [2.05, 4.69) is 65.3 Å². The lowest BCUT2D eigenvalue weighted by atomic mass is 9.90. The minimum absolute atomic E-state index is 0.0971. The van der Waals surface area contributed by atoms with Crippen LogP contribution in [0.25, 0.3) is 11.1 Å². The van der Waals surface area contributed by atoms with Gasteiger partial charge in [0.05, 0.1) is 18.9 Å². The Hall–Kier alpha value is -2.69. The second-order valence-electron chi connectivity index (χ2n) is 7.74. The molecule has 1 saturated heterocycles. The van der Waals surface area contributed by atoms with Crippen LogP contribution >= 0.6 is 0 Å². The minimum Gasteiger partial charge on any atom is -0.497 e. The highest BCUT2D eigenvalue weighted by Crippen LogP contribution is 2.37. The van der Waals surface area contributed by atoms with E-state index in [1.54, 1.807) is 7.11 Å². The molecule has 0 amide bonds. The van der Waals surface area contributed by atoms with E-state index < -0.39 is 0 Å². The van der Waals surface area contributed by atoms with Gasteiger partial charge in [0.1, 0.15) is 5.75 Å². The lowest BCUT2D eigenvalue weighted by molar-refractivity contribution is -0.0294. The molecule has 0 unspecified atom stereocenters. The molecular formula is C26H30N2O2. The SMILES string of the molecule is CCN(Cc1ccccn1)[C@H]1CCO[C@@H](c2ccccc2-c2ccc(OC)cc2)C1. The van der Waals surface area contributed by atoms with Crippen molar-refractivity contribution in [2.75, 3.05) is 20.3 Å². The molecule has 4 heteroatoms. The van der Waals surface area contributed by atoms with E-state index in [0.29, 0.717) is 6.04 Å². The molecule has 30 heavy (non-hydrogen) atoms. The van der Waals surface area contributed by atoms with Crippen LogP contribution in [-0.4, -0.2) is 36.2 Å². The molecule has 0 bridgehead atoms. The number of benzene rings is 2. The number of ether oxygens (including phenoxy) is 2. The van der Waals surface area contributed by atoms with Crippen molar-refractivity contribution in [2.24, 2.45) is 0 Å². The Labute approximate surface area is 179 Å². The zero-order valence-electron chi connectivity index (χ0n) is 17.8. The average molecular weight is 403 g/mol. The van der Waals surface area contributed by atoms with E-state index in [1.807, 2.05) is 24.4 Å². The zero-order chi connectivity index (χ0) is 20.8. The molecule has 1 aliphatic rings. The van der Waals surface area contributed by atoms with Gasteiger partial charge in [-0.2, -0.15) is 0 Å². The number of rotatable bonds is 7. The van der Waals surface area contributed by atoms with E-state index in [1.165, 1.54) is 16.7 Å². The third-order valence-corrected chi connectivity index (χ3v) is 5.98. The molecular weight excluding hydrogens is 372 g/mol. The smallest absolute Gasteiger partial charge is 0.118 e. The Bertz CT molecular complexity index is 927. The summed E-state index contributed by atoms with van der Waals surface area (Å²) in [6.07, 6.45) is 4.02. The fourth-order valence-electron chi connectivity index (χ4n) is 4.34. The van der Waals surface area contributed by atoms with E-state index in [-0.39, 0.29) is 6.10 Å². The molecule has 1 aliphatic heterocycles. The summed E-state index contributed by atoms with van der Waals surface area (Å²) >= 11 is 0. The van der Waals surface area contributed by atoms with Crippen molar-refractivity contribution in [2.45, 2.75) is 38.5 Å². The molecule has 1 aromatic heterocycles. The average Bonchev–Trinajstić information content (AvgIpc) is 2.83. The van der Waals surface area contributed by atoms with Crippen molar-refractivity contribution in [3.63, 3.8) is 0 Å². The van der Waals surface area contributed by atoms with Crippen molar-refractivity contribution in [3.05, 3.63) is 84.2 Å². The number of hydrogen-bond donors (Lipinski definition) is 0. The highest BCUT2D eigenvalue weighted by Gasteiger charge is 2.29. The summed E-state index contributed by atoms with van der Waals surface area (Å²) < 4.78 is 11.6. The van der Waals surface area contributed by atoms with Crippen molar-refractivity contribution in [1.82, 2.24) is 9.88 Å². The van der Waals surface area contributed by atoms with E-state index in [0.717, 1.165) is 44.0 Å². The van der Waals surface area contributed by atoms with Gasteiger partial charge in [0, 0.05) is 25.4 Å². The van der Waals surface area contributed by atoms with Crippen LogP contribution in [0.4, 0.5) is 0 Å². The molecule has 0 radical (unpaired) electrons. The van der Waals surface area contributed by atoms with Crippen LogP contribution in [0.3, 0.4) is 0 Å². The maximum atomic E-state index is 6.28. The molecule has 2 heterocycles. The summed E-state index contributed by atoms with van der Waals surface area (Å²) in [7, 11) is 1.70. The number of nitrogens with zero attached hydrogens (tertiary/aromatic N) is 2. The lowest BCUT2D eigenvalue weighted by Crippen LogP contribution is -2.40. The first-order chi connectivity index (χ1) is 14.8. The van der Waals surface area contributed by atoms with Gasteiger partial charge in [-0.1, -0.05) is 49.4 Å². The second-order valence-corrected chi connectivity index (χ2v) is 7.74. The van der Waals surface area contributed by atoms with E-state index in [4.69, 9.17) is 9.47 Å². The molecule has 1 fully saturated rings. The Morgan fingerprint density at radius 3 is 2.57 bits per heavy atom. The first-order valence-electron chi connectivity index (χ1n) is 10.8. The van der Waals surface area contributed by atoms with Crippen LogP contribution in [0.1, 0.15) is 37.1 Å². The van der Waals surface area contributed by atoms with Gasteiger partial charge in [-0.25, -0.2) is 0 Å². The van der Waals surface area contributed by atoms with Gasteiger partial charge in [0.25, 0.3) is 0 Å². The van der Waals surface area contributed by atoms with Gasteiger partial charge in [-0.15, -0.1) is 0 Å². The monoisotopic (exact) mass is 402 g/mol. The quantitative estimate of drug-likeness (QED) is 0.523. The molecule has 4 nitrogen and oxygen atoms in total. The molecule has 2 aromatic carbocycles. The standard InChI is InChI=1S/C26H30N2O2/c1-3-28(19-21-8-6-7-16-27-21)22-15-17-30-26(18-22)25-10-5-4-9-24(25)20-11-13-23(29-2)14-12-20/h4-14,16,22,26H,3,15,17-19H2,1-2H3/t22-,26+/m0/s1. The van der Waals surface area contributed by atoms with Gasteiger partial charge in [-0.05, 0) is 60.3 Å². The third kappa shape index (κ3) is 4.72. The molecule has 156 valence electrons. The maximum Gasteiger partial charge on any atom is 0.118 e. The molecule has 0 aliphatic carbocycles. The Morgan fingerprint density at radius 1 is 1.03 bits per heavy atom. The first-order valence-corrected chi connectivity index (χ1v) is 10.8. The molecule has 0 spiro atoms. The summed E-state index contributed by atoms with van der Waals surface area (Å²) in [5.74, 6) is 0.873. The summed E-state index contributed by atoms with van der Waals surface area (Å²) in [5.41, 5.74) is 4.82. The highest BCUT2D eigenvalue weighted by molar-refractivity contribution is 5.68. The van der Waals surface area contributed by atoms with Crippen LogP contribution in [0.15, 0.2) is 72.9 Å². The van der Waals surface area contributed by atoms with Crippen molar-refractivity contribution < 1.29 is 9.47 Å². The normalized spacial score (nSPS) is 19.0. The van der Waals surface area contributed by atoms with Gasteiger partial charge in [0.15, 0.2) is 0 Å². The fraction of sp³-hybridized carbons (Fsp3) is 0.346. The van der Waals surface area contributed by atoms with Gasteiger partial charge >= 0.3 is 0 Å². The number of methoxy groups -OCH3 is 1. The van der Waals surface area contributed by atoms with Crippen molar-refractivity contribution in [1.29, 1.82) is 0 Å². The molecule has 2 atom stereocenters. The van der Waals surface area contributed by atoms with Crippen LogP contribution in [-0.2, 0) is 11.3 Å². The predicted octanol–water partition coefficient (Wildman–Crippen LogP) is 5.50. The van der Waals surface area contributed by atoms with Gasteiger partial charge in [-0.3, -0.25) is 9.88 Å². The van der Waals surface area contributed by atoms with E-state index in [9.17, 15) is 0 Å². The second kappa shape index (κ2) is 9.88. The topological polar surface area (TPSA) is 34.6 Å². The number of hydrogen-bond acceptors (Lipinski definition) is 4. The van der Waals surface area contributed by atoms with Crippen LogP contribution < -0.4 is 4.74 Å². The van der Waals surface area contributed by atoms with E-state index >= 15 is 0 Å². The summed E-state index contributed by atoms with van der Waals surface area (Å²) in [5, 5.41) is 0. The summed E-state index contributed by atoms with van der Waals surface area (Å²) in [4.78, 5) is 7.06. The number of pyridine rings is 1. The van der Waals surface area contributed by atoms with Crippen molar-refractivity contribution in [3.8, 4) is 16.9 Å². The Kier molecular flexibility index (Phi) is 6.77. The predicted molar refractivity (Wildman–Crippen MR) is 120 cm³/mol. The highest BCUT2D eigenvalue weighted by atomic mass is 16.5. The maximum absolute atomic E-state index is 6.28. The fourth-order valence-corrected chi connectivity index (χ4v) is 4.34. The molecule has 3 aromatic rings. The van der Waals surface area contributed by atoms with Crippen LogP contribution in [0.5, 0.6) is 5.75 Å². The first kappa shape index (κ1) is 20.6. The van der Waals surface area contributed by atoms with Gasteiger partial charge < -0.3 is 9.47 Å². The summed E-state index contributed by atoms with van der Waals surface area (Å²) in [6.45, 7) is 4.91. The molecule has 0 saturated carbocycles. The molecule has 0 N–H and O–H groups in total. The van der Waals surface area contributed by atoms with Crippen LogP contribution in [0.2, 0.25) is 0 Å². The lowest BCUT2D eigenvalue weighted by Gasteiger charge is -2.37. The summed E-state index contributed by atoms with van der Waals surface area (Å²) in [6, 6.07) is 23.5. The Balaban J connectivity index is 1.54. The van der Waals surface area contributed by atoms with Crippen LogP contribution in [0, 0.1) is 0 Å². The largest absolute Gasteiger partial charge is 0.497 e. The Morgan fingerprint density at radius 2 is 1.83 bits per heavy atom. The zero-order valence-corrected chi connectivity index (χ0v) is 17.8. The van der Waals surface area contributed by atoms with Gasteiger partial charge in [0.2, 0.25) is 0 Å². The third-order valence-electron chi connectivity index (χ3n) is 5.98. The van der Waals surface area contributed by atoms with Crippen molar-refractivity contribution >= 4 is 0 Å². The molecule has 4 rings (SSSR count). The minimum atomic E-state index is 0.0971.